The van der Waals surface area contributed by atoms with Gasteiger partial charge < -0.3 is 16.0 Å². The molecule has 0 aliphatic rings. The van der Waals surface area contributed by atoms with Crippen LogP contribution in [0.3, 0.4) is 0 Å². The van der Waals surface area contributed by atoms with Crippen molar-refractivity contribution in [1.82, 2.24) is 10.3 Å². The highest BCUT2D eigenvalue weighted by Crippen LogP contribution is 2.03. The zero-order chi connectivity index (χ0) is 10.4. The average molecular weight is 191 g/mol. The number of nitrogen functional groups attached to an aromatic ring is 1. The second-order valence-electron chi connectivity index (χ2n) is 2.91. The largest absolute Gasteiger partial charge is 0.397 e. The lowest BCUT2D eigenvalue weighted by atomic mass is 10.3. The van der Waals surface area contributed by atoms with Gasteiger partial charge in [0.05, 0.1) is 0 Å². The average Bonchev–Trinajstić information content (AvgIpc) is 2.59. The van der Waals surface area contributed by atoms with Crippen LogP contribution in [-0.4, -0.2) is 17.4 Å². The van der Waals surface area contributed by atoms with Crippen LogP contribution in [0.1, 0.15) is 23.3 Å². The van der Waals surface area contributed by atoms with Crippen molar-refractivity contribution in [3.05, 3.63) is 18.0 Å². The van der Waals surface area contributed by atoms with Gasteiger partial charge in [0.25, 0.3) is 5.91 Å². The van der Waals surface area contributed by atoms with E-state index >= 15 is 0 Å². The van der Waals surface area contributed by atoms with E-state index in [1.54, 1.807) is 12.3 Å². The SMILES string of the molecule is C#CCCCNC(=O)c1cc(N)c[nH]1. The molecule has 1 aromatic rings. The zero-order valence-corrected chi connectivity index (χ0v) is 7.84. The summed E-state index contributed by atoms with van der Waals surface area (Å²) in [5.41, 5.74) is 6.48. The highest BCUT2D eigenvalue weighted by atomic mass is 16.1. The Morgan fingerprint density at radius 1 is 1.71 bits per heavy atom. The van der Waals surface area contributed by atoms with Crippen molar-refractivity contribution in [2.24, 2.45) is 0 Å². The molecule has 0 spiro atoms. The number of nitrogens with one attached hydrogen (secondary N) is 2. The fourth-order valence-corrected chi connectivity index (χ4v) is 1.03. The van der Waals surface area contributed by atoms with E-state index in [1.165, 1.54) is 0 Å². The normalized spacial score (nSPS) is 9.36. The van der Waals surface area contributed by atoms with Gasteiger partial charge in [-0.05, 0) is 12.5 Å². The van der Waals surface area contributed by atoms with Crippen molar-refractivity contribution in [3.8, 4) is 12.3 Å². The summed E-state index contributed by atoms with van der Waals surface area (Å²) in [6.45, 7) is 0.585. The first kappa shape index (κ1) is 10.2. The summed E-state index contributed by atoms with van der Waals surface area (Å²) in [6.07, 6.45) is 8.12. The topological polar surface area (TPSA) is 70.9 Å². The van der Waals surface area contributed by atoms with Gasteiger partial charge in [-0.15, -0.1) is 12.3 Å². The van der Waals surface area contributed by atoms with Crippen LogP contribution in [0.25, 0.3) is 0 Å². The van der Waals surface area contributed by atoms with Crippen LogP contribution in [-0.2, 0) is 0 Å². The quantitative estimate of drug-likeness (QED) is 0.485. The molecule has 1 amide bonds. The van der Waals surface area contributed by atoms with Crippen LogP contribution in [0.2, 0.25) is 0 Å². The lowest BCUT2D eigenvalue weighted by molar-refractivity contribution is 0.0949. The number of aromatic nitrogens is 1. The van der Waals surface area contributed by atoms with E-state index in [0.29, 0.717) is 24.3 Å². The molecule has 0 radical (unpaired) electrons. The first-order chi connectivity index (χ1) is 6.74. The first-order valence-electron chi connectivity index (χ1n) is 4.39. The minimum Gasteiger partial charge on any atom is -0.397 e. The zero-order valence-electron chi connectivity index (χ0n) is 7.84. The van der Waals surface area contributed by atoms with E-state index in [9.17, 15) is 4.79 Å². The molecule has 0 saturated carbocycles. The number of hydrogen-bond acceptors (Lipinski definition) is 2. The number of aromatic amines is 1. The predicted molar refractivity (Wildman–Crippen MR) is 55.6 cm³/mol. The highest BCUT2D eigenvalue weighted by Gasteiger charge is 2.05. The molecule has 14 heavy (non-hydrogen) atoms. The van der Waals surface area contributed by atoms with Crippen molar-refractivity contribution >= 4 is 11.6 Å². The number of terminal acetylenes is 1. The predicted octanol–water partition coefficient (Wildman–Crippen LogP) is 0.740. The molecule has 4 heteroatoms. The van der Waals surface area contributed by atoms with Crippen molar-refractivity contribution in [1.29, 1.82) is 0 Å². The summed E-state index contributed by atoms with van der Waals surface area (Å²) in [4.78, 5) is 14.1. The molecule has 0 atom stereocenters. The van der Waals surface area contributed by atoms with Crippen molar-refractivity contribution < 1.29 is 4.79 Å². The Kier molecular flexibility index (Phi) is 3.62. The molecule has 4 nitrogen and oxygen atoms in total. The van der Waals surface area contributed by atoms with Gasteiger partial charge in [-0.25, -0.2) is 0 Å². The molecule has 0 aliphatic carbocycles. The second-order valence-corrected chi connectivity index (χ2v) is 2.91. The highest BCUT2D eigenvalue weighted by molar-refractivity contribution is 5.93. The van der Waals surface area contributed by atoms with Gasteiger partial charge >= 0.3 is 0 Å². The summed E-state index contributed by atoms with van der Waals surface area (Å²) in [7, 11) is 0. The third-order valence-electron chi connectivity index (χ3n) is 1.73. The number of rotatable bonds is 4. The van der Waals surface area contributed by atoms with Gasteiger partial charge in [0.2, 0.25) is 0 Å². The van der Waals surface area contributed by atoms with Crippen molar-refractivity contribution in [2.75, 3.05) is 12.3 Å². The Labute approximate surface area is 82.9 Å². The molecule has 0 aliphatic heterocycles. The van der Waals surface area contributed by atoms with Crippen LogP contribution in [0.15, 0.2) is 12.3 Å². The summed E-state index contributed by atoms with van der Waals surface area (Å²) >= 11 is 0. The molecule has 74 valence electrons. The lowest BCUT2D eigenvalue weighted by Gasteiger charge is -2.00. The maximum absolute atomic E-state index is 11.4. The van der Waals surface area contributed by atoms with E-state index in [0.717, 1.165) is 6.42 Å². The number of carbonyl (C=O) groups is 1. The lowest BCUT2D eigenvalue weighted by Crippen LogP contribution is -2.24. The summed E-state index contributed by atoms with van der Waals surface area (Å²) < 4.78 is 0. The van der Waals surface area contributed by atoms with Crippen LogP contribution in [0, 0.1) is 12.3 Å². The number of carbonyl (C=O) groups excluding carboxylic acids is 1. The first-order valence-corrected chi connectivity index (χ1v) is 4.39. The molecule has 1 aromatic heterocycles. The number of nitrogens with two attached hydrogens (primary N) is 1. The van der Waals surface area contributed by atoms with Crippen LogP contribution < -0.4 is 11.1 Å². The number of amides is 1. The maximum atomic E-state index is 11.4. The summed E-state index contributed by atoms with van der Waals surface area (Å²) in [5, 5.41) is 2.73. The Hall–Kier alpha value is -1.89. The van der Waals surface area contributed by atoms with Crippen molar-refractivity contribution in [3.63, 3.8) is 0 Å². The Morgan fingerprint density at radius 3 is 3.07 bits per heavy atom. The van der Waals surface area contributed by atoms with E-state index in [1.807, 2.05) is 0 Å². The molecule has 0 aromatic carbocycles. The fourth-order valence-electron chi connectivity index (χ4n) is 1.03. The molecular formula is C10H13N3O. The van der Waals surface area contributed by atoms with Gasteiger partial charge in [0.15, 0.2) is 0 Å². The number of hydrogen-bond donors (Lipinski definition) is 3. The van der Waals surface area contributed by atoms with Gasteiger partial charge in [-0.1, -0.05) is 0 Å². The third kappa shape index (κ3) is 2.87. The second kappa shape index (κ2) is 4.97. The van der Waals surface area contributed by atoms with Crippen molar-refractivity contribution in [2.45, 2.75) is 12.8 Å². The molecule has 0 bridgehead atoms. The Bertz CT molecular complexity index is 348. The standard InChI is InChI=1S/C10H13N3O/c1-2-3-4-5-12-10(14)9-6-8(11)7-13-9/h1,6-7,13H,3-5,11H2,(H,12,14). The minimum absolute atomic E-state index is 0.154. The molecule has 1 heterocycles. The van der Waals surface area contributed by atoms with Gasteiger partial charge in [0, 0.05) is 24.8 Å². The van der Waals surface area contributed by atoms with Crippen LogP contribution in [0.4, 0.5) is 5.69 Å². The number of anilines is 1. The monoisotopic (exact) mass is 191 g/mol. The number of H-pyrrole nitrogens is 1. The number of unbranched alkanes of at least 4 members (excludes halogenated alkanes) is 1. The molecule has 1 rings (SSSR count). The van der Waals surface area contributed by atoms with Gasteiger partial charge in [-0.3, -0.25) is 4.79 Å². The van der Waals surface area contributed by atoms with Crippen LogP contribution in [0.5, 0.6) is 0 Å². The van der Waals surface area contributed by atoms with Gasteiger partial charge in [0.1, 0.15) is 5.69 Å². The summed E-state index contributed by atoms with van der Waals surface area (Å²) in [6, 6.07) is 1.59. The molecular weight excluding hydrogens is 178 g/mol. The Morgan fingerprint density at radius 2 is 2.50 bits per heavy atom. The van der Waals surface area contributed by atoms with E-state index < -0.39 is 0 Å². The molecule has 0 unspecified atom stereocenters. The molecule has 0 fully saturated rings. The van der Waals surface area contributed by atoms with Crippen LogP contribution >= 0.6 is 0 Å². The molecule has 0 saturated heterocycles. The van der Waals surface area contributed by atoms with E-state index in [2.05, 4.69) is 16.2 Å². The fraction of sp³-hybridized carbons (Fsp3) is 0.300. The van der Waals surface area contributed by atoms with E-state index in [-0.39, 0.29) is 5.91 Å². The third-order valence-corrected chi connectivity index (χ3v) is 1.73. The van der Waals surface area contributed by atoms with Gasteiger partial charge in [-0.2, -0.15) is 0 Å². The minimum atomic E-state index is -0.154. The van der Waals surface area contributed by atoms with E-state index in [4.69, 9.17) is 12.2 Å². The molecule has 4 N–H and O–H groups in total. The maximum Gasteiger partial charge on any atom is 0.267 e. The smallest absolute Gasteiger partial charge is 0.267 e. The Balaban J connectivity index is 2.33. The summed E-state index contributed by atoms with van der Waals surface area (Å²) in [5.74, 6) is 2.35.